The first-order chi connectivity index (χ1) is 15.4. The second kappa shape index (κ2) is 10.8. The van der Waals surface area contributed by atoms with Gasteiger partial charge in [-0.2, -0.15) is 0 Å². The summed E-state index contributed by atoms with van der Waals surface area (Å²) < 4.78 is 21.1. The van der Waals surface area contributed by atoms with Crippen molar-refractivity contribution in [2.24, 2.45) is 0 Å². The van der Waals surface area contributed by atoms with E-state index >= 15 is 0 Å². The Morgan fingerprint density at radius 1 is 1.16 bits per heavy atom. The molecular weight excluding hydrogens is 418 g/mol. The van der Waals surface area contributed by atoms with Gasteiger partial charge in [-0.05, 0) is 30.7 Å². The molecule has 1 heterocycles. The molecule has 1 amide bonds. The normalized spacial score (nSPS) is 13.5. The number of nitrogens with zero attached hydrogens (tertiary/aromatic N) is 2. The minimum Gasteiger partial charge on any atom is -0.493 e. The van der Waals surface area contributed by atoms with Crippen molar-refractivity contribution in [3.05, 3.63) is 51.6 Å². The van der Waals surface area contributed by atoms with Crippen LogP contribution in [-0.2, 0) is 9.47 Å². The minimum atomic E-state index is -0.619. The van der Waals surface area contributed by atoms with Crippen LogP contribution in [0.5, 0.6) is 11.5 Å². The number of anilines is 2. The summed E-state index contributed by atoms with van der Waals surface area (Å²) in [6, 6.07) is 8.19. The van der Waals surface area contributed by atoms with Gasteiger partial charge in [0.2, 0.25) is 0 Å². The monoisotopic (exact) mass is 445 g/mol. The molecule has 2 aromatic rings. The molecule has 0 unspecified atom stereocenters. The van der Waals surface area contributed by atoms with Crippen LogP contribution in [0.25, 0.3) is 0 Å². The molecule has 1 fully saturated rings. The van der Waals surface area contributed by atoms with Crippen LogP contribution in [0, 0.1) is 17.0 Å². The number of carbonyl (C=O) groups excluding carboxylic acids is 1. The second-order valence-electron chi connectivity index (χ2n) is 7.17. The highest BCUT2D eigenvalue weighted by atomic mass is 16.6. The van der Waals surface area contributed by atoms with Gasteiger partial charge in [0.25, 0.3) is 11.6 Å². The zero-order valence-corrected chi connectivity index (χ0v) is 18.4. The number of aryl methyl sites for hydroxylation is 1. The van der Waals surface area contributed by atoms with Gasteiger partial charge in [0, 0.05) is 37.6 Å². The number of nitro benzene ring substituents is 1. The van der Waals surface area contributed by atoms with E-state index in [9.17, 15) is 14.9 Å². The molecule has 172 valence electrons. The first kappa shape index (κ1) is 23.3. The SMILES string of the molecule is COCCOc1cc([N+](=O)[O-])c(C(=O)Nc2ccc(N3CCOCC3)cc2C)cc1OC. The minimum absolute atomic E-state index is 0.123. The number of nitro groups is 1. The molecule has 3 rings (SSSR count). The van der Waals surface area contributed by atoms with Gasteiger partial charge in [-0.25, -0.2) is 0 Å². The number of rotatable bonds is 9. The molecule has 1 saturated heterocycles. The van der Waals surface area contributed by atoms with Crippen LogP contribution in [0.1, 0.15) is 15.9 Å². The number of hydrogen-bond donors (Lipinski definition) is 1. The molecule has 10 nitrogen and oxygen atoms in total. The van der Waals surface area contributed by atoms with Crippen molar-refractivity contribution in [1.29, 1.82) is 0 Å². The fourth-order valence-corrected chi connectivity index (χ4v) is 3.39. The number of ether oxygens (including phenoxy) is 4. The Kier molecular flexibility index (Phi) is 7.85. The Bertz CT molecular complexity index is 974. The standard InChI is InChI=1S/C22H27N3O7/c1-15-12-16(24-6-8-31-9-7-24)4-5-18(15)23-22(26)17-13-20(30-3)21(32-11-10-29-2)14-19(17)25(27)28/h4-5,12-14H,6-11H2,1-3H3,(H,23,26). The van der Waals surface area contributed by atoms with Crippen LogP contribution in [0.15, 0.2) is 30.3 Å². The number of hydrogen-bond acceptors (Lipinski definition) is 8. The topological polar surface area (TPSA) is 112 Å². The lowest BCUT2D eigenvalue weighted by atomic mass is 10.1. The molecule has 1 aliphatic rings. The lowest BCUT2D eigenvalue weighted by molar-refractivity contribution is -0.385. The molecule has 1 aliphatic heterocycles. The molecule has 32 heavy (non-hydrogen) atoms. The summed E-state index contributed by atoms with van der Waals surface area (Å²) in [5, 5.41) is 14.4. The van der Waals surface area contributed by atoms with E-state index in [0.717, 1.165) is 24.3 Å². The van der Waals surface area contributed by atoms with Crippen LogP contribution in [-0.4, -0.2) is 64.6 Å². The van der Waals surface area contributed by atoms with Crippen molar-refractivity contribution >= 4 is 23.0 Å². The third kappa shape index (κ3) is 5.45. The highest BCUT2D eigenvalue weighted by Gasteiger charge is 2.25. The Morgan fingerprint density at radius 2 is 1.91 bits per heavy atom. The van der Waals surface area contributed by atoms with Crippen molar-refractivity contribution < 1.29 is 28.7 Å². The lowest BCUT2D eigenvalue weighted by Crippen LogP contribution is -2.36. The maximum Gasteiger partial charge on any atom is 0.286 e. The highest BCUT2D eigenvalue weighted by Crippen LogP contribution is 2.35. The predicted molar refractivity (Wildman–Crippen MR) is 119 cm³/mol. The summed E-state index contributed by atoms with van der Waals surface area (Å²) >= 11 is 0. The van der Waals surface area contributed by atoms with E-state index in [0.29, 0.717) is 25.5 Å². The summed E-state index contributed by atoms with van der Waals surface area (Å²) in [6.07, 6.45) is 0. The molecule has 0 spiro atoms. The van der Waals surface area contributed by atoms with E-state index < -0.39 is 10.8 Å². The average molecular weight is 445 g/mol. The Morgan fingerprint density at radius 3 is 2.53 bits per heavy atom. The van der Waals surface area contributed by atoms with E-state index in [1.165, 1.54) is 26.4 Å². The second-order valence-corrected chi connectivity index (χ2v) is 7.17. The fourth-order valence-electron chi connectivity index (χ4n) is 3.39. The molecular formula is C22H27N3O7. The van der Waals surface area contributed by atoms with Crippen LogP contribution >= 0.6 is 0 Å². The summed E-state index contributed by atoms with van der Waals surface area (Å²) in [5.74, 6) is -0.226. The summed E-state index contributed by atoms with van der Waals surface area (Å²) in [5.41, 5.74) is 1.95. The number of carbonyl (C=O) groups is 1. The van der Waals surface area contributed by atoms with Gasteiger partial charge in [0.05, 0.1) is 37.9 Å². The average Bonchev–Trinajstić information content (AvgIpc) is 2.80. The zero-order valence-electron chi connectivity index (χ0n) is 18.4. The van der Waals surface area contributed by atoms with Crippen LogP contribution in [0.4, 0.5) is 17.1 Å². The van der Waals surface area contributed by atoms with Crippen LogP contribution in [0.3, 0.4) is 0 Å². The van der Waals surface area contributed by atoms with Gasteiger partial charge in [-0.15, -0.1) is 0 Å². The van der Waals surface area contributed by atoms with Crippen molar-refractivity contribution in [2.75, 3.05) is 64.0 Å². The number of morpholine rings is 1. The van der Waals surface area contributed by atoms with Gasteiger partial charge in [0.1, 0.15) is 12.2 Å². The third-order valence-electron chi connectivity index (χ3n) is 5.10. The van der Waals surface area contributed by atoms with E-state index in [1.54, 1.807) is 6.07 Å². The smallest absolute Gasteiger partial charge is 0.286 e. The zero-order chi connectivity index (χ0) is 23.1. The van der Waals surface area contributed by atoms with Gasteiger partial charge in [0.15, 0.2) is 11.5 Å². The Balaban J connectivity index is 1.84. The highest BCUT2D eigenvalue weighted by molar-refractivity contribution is 6.08. The van der Waals surface area contributed by atoms with E-state index in [-0.39, 0.29) is 29.4 Å². The maximum atomic E-state index is 13.0. The summed E-state index contributed by atoms with van der Waals surface area (Å²) in [4.78, 5) is 26.2. The third-order valence-corrected chi connectivity index (χ3v) is 5.10. The quantitative estimate of drug-likeness (QED) is 0.356. The van der Waals surface area contributed by atoms with E-state index in [1.807, 2.05) is 19.1 Å². The van der Waals surface area contributed by atoms with Gasteiger partial charge < -0.3 is 29.2 Å². The Labute approximate surface area is 186 Å². The molecule has 2 aromatic carbocycles. The van der Waals surface area contributed by atoms with E-state index in [4.69, 9.17) is 18.9 Å². The molecule has 0 aliphatic carbocycles. The van der Waals surface area contributed by atoms with Crippen molar-refractivity contribution in [1.82, 2.24) is 0 Å². The lowest BCUT2D eigenvalue weighted by Gasteiger charge is -2.29. The van der Waals surface area contributed by atoms with Gasteiger partial charge in [-0.1, -0.05) is 0 Å². The summed E-state index contributed by atoms with van der Waals surface area (Å²) in [6.45, 7) is 5.32. The van der Waals surface area contributed by atoms with Gasteiger partial charge in [-0.3, -0.25) is 14.9 Å². The number of benzene rings is 2. The first-order valence-corrected chi connectivity index (χ1v) is 10.2. The molecule has 0 atom stereocenters. The number of methoxy groups -OCH3 is 2. The molecule has 0 saturated carbocycles. The van der Waals surface area contributed by atoms with Crippen LogP contribution in [0.2, 0.25) is 0 Å². The fraction of sp³-hybridized carbons (Fsp3) is 0.409. The number of nitrogens with one attached hydrogen (secondary N) is 1. The van der Waals surface area contributed by atoms with Crippen molar-refractivity contribution in [3.63, 3.8) is 0 Å². The summed E-state index contributed by atoms with van der Waals surface area (Å²) in [7, 11) is 2.92. The van der Waals surface area contributed by atoms with Crippen molar-refractivity contribution in [3.8, 4) is 11.5 Å². The Hall–Kier alpha value is -3.37. The molecule has 10 heteroatoms. The van der Waals surface area contributed by atoms with Gasteiger partial charge >= 0.3 is 0 Å². The molecule has 1 N–H and O–H groups in total. The number of amides is 1. The molecule has 0 aromatic heterocycles. The van der Waals surface area contributed by atoms with E-state index in [2.05, 4.69) is 10.2 Å². The molecule has 0 radical (unpaired) electrons. The first-order valence-electron chi connectivity index (χ1n) is 10.2. The maximum absolute atomic E-state index is 13.0. The van der Waals surface area contributed by atoms with Crippen LogP contribution < -0.4 is 19.7 Å². The molecule has 0 bridgehead atoms. The predicted octanol–water partition coefficient (Wildman–Crippen LogP) is 3.03. The largest absolute Gasteiger partial charge is 0.493 e. The van der Waals surface area contributed by atoms with Crippen molar-refractivity contribution in [2.45, 2.75) is 6.92 Å².